The van der Waals surface area contributed by atoms with Crippen molar-refractivity contribution in [2.45, 2.75) is 26.5 Å². The molecule has 0 saturated carbocycles. The molecule has 90 valence electrons. The van der Waals surface area contributed by atoms with E-state index < -0.39 is 0 Å². The quantitative estimate of drug-likeness (QED) is 0.847. The molecule has 2 rings (SSSR count). The molecule has 4 nitrogen and oxygen atoms in total. The van der Waals surface area contributed by atoms with Gasteiger partial charge in [0.15, 0.2) is 0 Å². The van der Waals surface area contributed by atoms with Crippen LogP contribution in [0.15, 0.2) is 29.1 Å². The molecule has 17 heavy (non-hydrogen) atoms. The second-order valence-corrected chi connectivity index (χ2v) is 4.24. The van der Waals surface area contributed by atoms with Crippen LogP contribution in [0.5, 0.6) is 5.75 Å². The molecular weight excluding hydrogens is 216 g/mol. The molecule has 2 aromatic rings. The molecule has 1 aromatic heterocycles. The second-order valence-electron chi connectivity index (χ2n) is 4.24. The van der Waals surface area contributed by atoms with E-state index in [-0.39, 0.29) is 18.2 Å². The number of aromatic amines is 1. The molecule has 0 fully saturated rings. The summed E-state index contributed by atoms with van der Waals surface area (Å²) in [6.07, 6.45) is 0.129. The third-order valence-electron chi connectivity index (χ3n) is 2.48. The van der Waals surface area contributed by atoms with Gasteiger partial charge in [0.25, 0.3) is 5.56 Å². The van der Waals surface area contributed by atoms with Crippen molar-refractivity contribution in [1.29, 1.82) is 0 Å². The first-order chi connectivity index (χ1) is 8.10. The molecule has 0 bridgehead atoms. The van der Waals surface area contributed by atoms with Crippen LogP contribution in [0.4, 0.5) is 0 Å². The number of rotatable bonds is 3. The average Bonchev–Trinajstić information content (AvgIpc) is 2.28. The number of ether oxygens (including phenoxy) is 1. The van der Waals surface area contributed by atoms with E-state index in [0.29, 0.717) is 5.56 Å². The first-order valence-corrected chi connectivity index (χ1v) is 5.63. The lowest BCUT2D eigenvalue weighted by molar-refractivity contribution is 0.243. The van der Waals surface area contributed by atoms with Gasteiger partial charge in [0.1, 0.15) is 5.75 Å². The van der Waals surface area contributed by atoms with Crippen molar-refractivity contribution >= 4 is 10.9 Å². The lowest BCUT2D eigenvalue weighted by Gasteiger charge is -2.10. The Morgan fingerprint density at radius 3 is 2.76 bits per heavy atom. The topological polar surface area (TPSA) is 68.1 Å². The largest absolute Gasteiger partial charge is 0.491 e. The van der Waals surface area contributed by atoms with Crippen molar-refractivity contribution in [1.82, 2.24) is 4.98 Å². The summed E-state index contributed by atoms with van der Waals surface area (Å²) in [4.78, 5) is 14.4. The number of nitrogens with one attached hydrogen (secondary N) is 1. The van der Waals surface area contributed by atoms with Crippen LogP contribution in [0.1, 0.15) is 19.4 Å². The number of benzene rings is 1. The van der Waals surface area contributed by atoms with E-state index in [9.17, 15) is 4.79 Å². The Hall–Kier alpha value is -1.81. The molecule has 3 N–H and O–H groups in total. The fourth-order valence-electron chi connectivity index (χ4n) is 1.73. The maximum Gasteiger partial charge on any atom is 0.252 e. The lowest BCUT2D eigenvalue weighted by atomic mass is 10.1. The predicted molar refractivity (Wildman–Crippen MR) is 68.2 cm³/mol. The third kappa shape index (κ3) is 2.47. The van der Waals surface area contributed by atoms with Crippen LogP contribution in [0, 0.1) is 0 Å². The van der Waals surface area contributed by atoms with Gasteiger partial charge in [-0.15, -0.1) is 0 Å². The Morgan fingerprint density at radius 1 is 1.35 bits per heavy atom. The molecule has 0 radical (unpaired) electrons. The van der Waals surface area contributed by atoms with Crippen molar-refractivity contribution in [3.63, 3.8) is 0 Å². The van der Waals surface area contributed by atoms with Crippen molar-refractivity contribution in [2.24, 2.45) is 5.73 Å². The van der Waals surface area contributed by atoms with Gasteiger partial charge in [-0.3, -0.25) is 4.79 Å². The molecule has 0 aliphatic rings. The monoisotopic (exact) mass is 232 g/mol. The number of H-pyrrole nitrogens is 1. The van der Waals surface area contributed by atoms with Gasteiger partial charge in [0, 0.05) is 23.0 Å². The number of fused-ring (bicyclic) bond motifs is 1. The molecule has 0 atom stereocenters. The van der Waals surface area contributed by atoms with Crippen LogP contribution in [0.25, 0.3) is 10.9 Å². The van der Waals surface area contributed by atoms with E-state index in [4.69, 9.17) is 10.5 Å². The number of nitrogens with two attached hydrogens (primary N) is 1. The van der Waals surface area contributed by atoms with E-state index in [2.05, 4.69) is 4.98 Å². The molecular formula is C13H16N2O2. The maximum absolute atomic E-state index is 11.6. The molecule has 0 aliphatic heterocycles. The average molecular weight is 232 g/mol. The summed E-state index contributed by atoms with van der Waals surface area (Å²) in [6.45, 7) is 4.19. The van der Waals surface area contributed by atoms with Crippen LogP contribution >= 0.6 is 0 Å². The molecule has 4 heteroatoms. The predicted octanol–water partition coefficient (Wildman–Crippen LogP) is 1.77. The normalized spacial score (nSPS) is 11.1. The van der Waals surface area contributed by atoms with E-state index in [1.54, 1.807) is 6.07 Å². The zero-order valence-corrected chi connectivity index (χ0v) is 9.99. The first kappa shape index (κ1) is 11.7. The van der Waals surface area contributed by atoms with Crippen molar-refractivity contribution in [2.75, 3.05) is 0 Å². The van der Waals surface area contributed by atoms with Gasteiger partial charge in [-0.05, 0) is 38.1 Å². The summed E-state index contributed by atoms with van der Waals surface area (Å²) in [5, 5.41) is 0.934. The lowest BCUT2D eigenvalue weighted by Crippen LogP contribution is -2.15. The summed E-state index contributed by atoms with van der Waals surface area (Å²) in [6, 6.07) is 7.40. The first-order valence-electron chi connectivity index (χ1n) is 5.63. The Morgan fingerprint density at radius 2 is 2.12 bits per heavy atom. The van der Waals surface area contributed by atoms with Gasteiger partial charge in [-0.1, -0.05) is 0 Å². The number of aromatic nitrogens is 1. The van der Waals surface area contributed by atoms with E-state index in [0.717, 1.165) is 16.7 Å². The van der Waals surface area contributed by atoms with Crippen LogP contribution in [0.2, 0.25) is 0 Å². The smallest absolute Gasteiger partial charge is 0.252 e. The minimum Gasteiger partial charge on any atom is -0.491 e. The minimum absolute atomic E-state index is 0.127. The Kier molecular flexibility index (Phi) is 3.15. The van der Waals surface area contributed by atoms with Gasteiger partial charge >= 0.3 is 0 Å². The van der Waals surface area contributed by atoms with Gasteiger partial charge < -0.3 is 15.5 Å². The van der Waals surface area contributed by atoms with E-state index in [1.165, 1.54) is 0 Å². The molecule has 0 unspecified atom stereocenters. The Bertz CT molecular complexity index is 587. The molecule has 1 heterocycles. The zero-order valence-electron chi connectivity index (χ0n) is 9.99. The number of hydrogen-bond donors (Lipinski definition) is 2. The Balaban J connectivity index is 2.52. The summed E-state index contributed by atoms with van der Waals surface area (Å²) in [7, 11) is 0. The van der Waals surface area contributed by atoms with Crippen LogP contribution in [-0.4, -0.2) is 11.1 Å². The summed E-state index contributed by atoms with van der Waals surface area (Å²) in [5.74, 6) is 0.794. The number of hydrogen-bond acceptors (Lipinski definition) is 3. The van der Waals surface area contributed by atoms with Crippen molar-refractivity contribution in [3.8, 4) is 5.75 Å². The fraction of sp³-hybridized carbons (Fsp3) is 0.308. The fourth-order valence-corrected chi connectivity index (χ4v) is 1.73. The zero-order chi connectivity index (χ0) is 12.4. The van der Waals surface area contributed by atoms with Crippen molar-refractivity contribution in [3.05, 3.63) is 40.2 Å². The third-order valence-corrected chi connectivity index (χ3v) is 2.48. The van der Waals surface area contributed by atoms with Crippen LogP contribution < -0.4 is 16.0 Å². The number of pyridine rings is 1. The van der Waals surface area contributed by atoms with Gasteiger partial charge in [0.05, 0.1) is 6.10 Å². The highest BCUT2D eigenvalue weighted by Crippen LogP contribution is 2.20. The standard InChI is InChI=1S/C13H16N2O2/c1-8(2)17-11-3-4-12-9(6-11)5-10(7-14)13(16)15-12/h3-6,8H,7,14H2,1-2H3,(H,15,16). The van der Waals surface area contributed by atoms with Gasteiger partial charge in [-0.2, -0.15) is 0 Å². The highest BCUT2D eigenvalue weighted by molar-refractivity contribution is 5.80. The van der Waals surface area contributed by atoms with E-state index >= 15 is 0 Å². The minimum atomic E-state index is -0.127. The molecule has 1 aromatic carbocycles. The summed E-state index contributed by atoms with van der Waals surface area (Å²) < 4.78 is 5.60. The molecule has 0 spiro atoms. The molecule has 0 aliphatic carbocycles. The van der Waals surface area contributed by atoms with Crippen LogP contribution in [-0.2, 0) is 6.54 Å². The summed E-state index contributed by atoms with van der Waals surface area (Å²) in [5.41, 5.74) is 6.76. The second kappa shape index (κ2) is 4.59. The van der Waals surface area contributed by atoms with E-state index in [1.807, 2.05) is 32.0 Å². The highest BCUT2D eigenvalue weighted by atomic mass is 16.5. The summed E-state index contributed by atoms with van der Waals surface area (Å²) >= 11 is 0. The van der Waals surface area contributed by atoms with Gasteiger partial charge in [0.2, 0.25) is 0 Å². The highest BCUT2D eigenvalue weighted by Gasteiger charge is 2.03. The molecule has 0 saturated heterocycles. The molecule has 0 amide bonds. The van der Waals surface area contributed by atoms with Crippen molar-refractivity contribution < 1.29 is 4.74 Å². The van der Waals surface area contributed by atoms with Gasteiger partial charge in [-0.25, -0.2) is 0 Å². The van der Waals surface area contributed by atoms with Crippen LogP contribution in [0.3, 0.4) is 0 Å². The Labute approximate surface area is 99.4 Å². The maximum atomic E-state index is 11.6. The SMILES string of the molecule is CC(C)Oc1ccc2[nH]c(=O)c(CN)cc2c1.